The van der Waals surface area contributed by atoms with Crippen LogP contribution >= 0.6 is 0 Å². The topological polar surface area (TPSA) is 3.24 Å². The lowest BCUT2D eigenvalue weighted by molar-refractivity contribution is 1.28. The highest BCUT2D eigenvalue weighted by Gasteiger charge is 2.15. The summed E-state index contributed by atoms with van der Waals surface area (Å²) in [6.45, 7) is 0. The van der Waals surface area contributed by atoms with Gasteiger partial charge in [-0.25, -0.2) is 0 Å². The molecule has 9 rings (SSSR count). The molecular weight excluding hydrogens is 663 g/mol. The minimum Gasteiger partial charge on any atom is -0.311 e. The van der Waals surface area contributed by atoms with Crippen LogP contribution in [0, 0.1) is 0 Å². The summed E-state index contributed by atoms with van der Waals surface area (Å²) < 4.78 is 0. The Balaban J connectivity index is 1.02. The van der Waals surface area contributed by atoms with Crippen molar-refractivity contribution in [3.8, 4) is 66.8 Å². The molecule has 0 aliphatic carbocycles. The normalized spacial score (nSPS) is 10.9. The van der Waals surface area contributed by atoms with Crippen LogP contribution in [0.15, 0.2) is 237 Å². The SMILES string of the molecule is c1ccc(-c2ccc(N(c3ccc(-c4ccccc4)cc3)c3ccc(-c4ccc(-c5ccccc5-c5ccccc5-c5ccccc5)cc4)cc3)cc2)cc1. The summed E-state index contributed by atoms with van der Waals surface area (Å²) in [6.07, 6.45) is 0. The Hall–Kier alpha value is -7.22. The first-order chi connectivity index (χ1) is 27.3. The third-order valence-electron chi connectivity index (χ3n) is 10.3. The van der Waals surface area contributed by atoms with E-state index in [2.05, 4.69) is 241 Å². The van der Waals surface area contributed by atoms with Crippen molar-refractivity contribution in [3.63, 3.8) is 0 Å². The van der Waals surface area contributed by atoms with Crippen molar-refractivity contribution in [2.45, 2.75) is 0 Å². The van der Waals surface area contributed by atoms with Crippen LogP contribution in [0.2, 0.25) is 0 Å². The molecule has 0 aromatic heterocycles. The predicted molar refractivity (Wildman–Crippen MR) is 234 cm³/mol. The Morgan fingerprint density at radius 3 is 0.727 bits per heavy atom. The van der Waals surface area contributed by atoms with Crippen LogP contribution in [0.1, 0.15) is 0 Å². The van der Waals surface area contributed by atoms with Crippen LogP contribution in [0.5, 0.6) is 0 Å². The number of nitrogens with zero attached hydrogens (tertiary/aromatic N) is 1. The Kier molecular flexibility index (Phi) is 9.41. The summed E-state index contributed by atoms with van der Waals surface area (Å²) in [5.41, 5.74) is 17.8. The summed E-state index contributed by atoms with van der Waals surface area (Å²) in [6, 6.07) is 84.8. The van der Waals surface area contributed by atoms with Gasteiger partial charge in [-0.3, -0.25) is 0 Å². The summed E-state index contributed by atoms with van der Waals surface area (Å²) in [7, 11) is 0. The molecule has 9 aromatic carbocycles. The van der Waals surface area contributed by atoms with E-state index in [9.17, 15) is 0 Å². The molecule has 55 heavy (non-hydrogen) atoms. The van der Waals surface area contributed by atoms with Gasteiger partial charge >= 0.3 is 0 Å². The second kappa shape index (κ2) is 15.4. The average Bonchev–Trinajstić information content (AvgIpc) is 3.28. The third kappa shape index (κ3) is 7.12. The van der Waals surface area contributed by atoms with Gasteiger partial charge in [-0.1, -0.05) is 200 Å². The van der Waals surface area contributed by atoms with Crippen molar-refractivity contribution in [3.05, 3.63) is 237 Å². The lowest BCUT2D eigenvalue weighted by atomic mass is 9.89. The fourth-order valence-corrected chi connectivity index (χ4v) is 7.52. The molecule has 0 spiro atoms. The van der Waals surface area contributed by atoms with Gasteiger partial charge in [0.05, 0.1) is 0 Å². The van der Waals surface area contributed by atoms with Crippen molar-refractivity contribution < 1.29 is 0 Å². The first-order valence-corrected chi connectivity index (χ1v) is 18.8. The fourth-order valence-electron chi connectivity index (χ4n) is 7.52. The van der Waals surface area contributed by atoms with Gasteiger partial charge < -0.3 is 4.90 Å². The lowest BCUT2D eigenvalue weighted by Crippen LogP contribution is -2.09. The summed E-state index contributed by atoms with van der Waals surface area (Å²) in [5, 5.41) is 0. The average molecular weight is 702 g/mol. The highest BCUT2D eigenvalue weighted by atomic mass is 15.1. The number of anilines is 3. The predicted octanol–water partition coefficient (Wildman–Crippen LogP) is 15.2. The molecule has 0 N–H and O–H groups in total. The van der Waals surface area contributed by atoms with E-state index >= 15 is 0 Å². The molecule has 1 heteroatoms. The van der Waals surface area contributed by atoms with Crippen LogP contribution in [-0.2, 0) is 0 Å². The number of hydrogen-bond donors (Lipinski definition) is 0. The minimum absolute atomic E-state index is 1.10. The van der Waals surface area contributed by atoms with Gasteiger partial charge in [0, 0.05) is 17.1 Å². The highest BCUT2D eigenvalue weighted by Crippen LogP contribution is 2.40. The van der Waals surface area contributed by atoms with Crippen LogP contribution in [0.25, 0.3) is 66.8 Å². The van der Waals surface area contributed by atoms with Gasteiger partial charge in [-0.15, -0.1) is 0 Å². The fraction of sp³-hybridized carbons (Fsp3) is 0. The van der Waals surface area contributed by atoms with Gasteiger partial charge in [0.25, 0.3) is 0 Å². The zero-order valence-electron chi connectivity index (χ0n) is 30.5. The number of rotatable bonds is 9. The van der Waals surface area contributed by atoms with Gasteiger partial charge in [0.2, 0.25) is 0 Å². The molecule has 0 saturated heterocycles. The minimum atomic E-state index is 1.10. The van der Waals surface area contributed by atoms with Crippen LogP contribution in [0.3, 0.4) is 0 Å². The van der Waals surface area contributed by atoms with Gasteiger partial charge in [-0.05, 0) is 103 Å². The molecule has 0 heterocycles. The van der Waals surface area contributed by atoms with Crippen molar-refractivity contribution in [2.24, 2.45) is 0 Å². The first kappa shape index (κ1) is 33.6. The van der Waals surface area contributed by atoms with E-state index < -0.39 is 0 Å². The molecular formula is C54H39N. The third-order valence-corrected chi connectivity index (χ3v) is 10.3. The number of benzene rings is 9. The highest BCUT2D eigenvalue weighted by molar-refractivity contribution is 5.92. The zero-order chi connectivity index (χ0) is 36.8. The summed E-state index contributed by atoms with van der Waals surface area (Å²) in [5.74, 6) is 0. The van der Waals surface area contributed by atoms with Crippen LogP contribution < -0.4 is 4.90 Å². The molecule has 0 aliphatic heterocycles. The molecule has 9 aromatic rings. The Morgan fingerprint density at radius 1 is 0.164 bits per heavy atom. The van der Waals surface area contributed by atoms with E-state index in [4.69, 9.17) is 0 Å². The molecule has 1 nitrogen and oxygen atoms in total. The molecule has 0 unspecified atom stereocenters. The van der Waals surface area contributed by atoms with Crippen molar-refractivity contribution >= 4 is 17.1 Å². The van der Waals surface area contributed by atoms with E-state index in [0.717, 1.165) is 17.1 Å². The molecule has 0 aliphatic rings. The first-order valence-electron chi connectivity index (χ1n) is 18.8. The number of hydrogen-bond acceptors (Lipinski definition) is 1. The molecule has 0 radical (unpaired) electrons. The van der Waals surface area contributed by atoms with E-state index in [1.165, 1.54) is 66.8 Å². The smallest absolute Gasteiger partial charge is 0.0462 e. The van der Waals surface area contributed by atoms with E-state index in [-0.39, 0.29) is 0 Å². The van der Waals surface area contributed by atoms with Crippen LogP contribution in [0.4, 0.5) is 17.1 Å². The van der Waals surface area contributed by atoms with E-state index in [1.54, 1.807) is 0 Å². The lowest BCUT2D eigenvalue weighted by Gasteiger charge is -2.26. The largest absolute Gasteiger partial charge is 0.311 e. The molecule has 0 amide bonds. The van der Waals surface area contributed by atoms with E-state index in [1.807, 2.05) is 0 Å². The Bertz CT molecular complexity index is 2540. The van der Waals surface area contributed by atoms with Crippen LogP contribution in [-0.4, -0.2) is 0 Å². The zero-order valence-corrected chi connectivity index (χ0v) is 30.5. The molecule has 0 fully saturated rings. The standard InChI is InChI=1S/C54H39N/c1-4-14-40(15-5-1)43-28-34-48(35-29-43)55(49-36-30-44(31-37-49)41-16-6-2-7-17-41)50-38-32-45(33-39-50)42-24-26-47(27-25-42)52-21-11-13-23-54(52)53-22-12-10-20-51(53)46-18-8-3-9-19-46/h1-39H. The molecule has 0 atom stereocenters. The van der Waals surface area contributed by atoms with Crippen molar-refractivity contribution in [1.29, 1.82) is 0 Å². The maximum atomic E-state index is 2.33. The maximum Gasteiger partial charge on any atom is 0.0462 e. The summed E-state index contributed by atoms with van der Waals surface area (Å²) in [4.78, 5) is 2.33. The molecule has 0 bridgehead atoms. The second-order valence-corrected chi connectivity index (χ2v) is 13.7. The van der Waals surface area contributed by atoms with Crippen molar-refractivity contribution in [2.75, 3.05) is 4.90 Å². The summed E-state index contributed by atoms with van der Waals surface area (Å²) >= 11 is 0. The van der Waals surface area contributed by atoms with E-state index in [0.29, 0.717) is 0 Å². The monoisotopic (exact) mass is 701 g/mol. The molecule has 0 saturated carbocycles. The van der Waals surface area contributed by atoms with Gasteiger partial charge in [0.1, 0.15) is 0 Å². The molecule has 260 valence electrons. The van der Waals surface area contributed by atoms with Gasteiger partial charge in [-0.2, -0.15) is 0 Å². The van der Waals surface area contributed by atoms with Crippen molar-refractivity contribution in [1.82, 2.24) is 0 Å². The maximum absolute atomic E-state index is 2.33. The Morgan fingerprint density at radius 2 is 0.382 bits per heavy atom. The quantitative estimate of drug-likeness (QED) is 0.145. The van der Waals surface area contributed by atoms with Gasteiger partial charge in [0.15, 0.2) is 0 Å². The second-order valence-electron chi connectivity index (χ2n) is 13.7. The Labute approximate surface area is 324 Å².